The SMILES string of the molecule is COc1ccc2nc(-c3ccc(N(C)C=O)c([N+](=O)[O-])c3)ccc2c1. The molecule has 3 rings (SSSR count). The van der Waals surface area contributed by atoms with E-state index in [-0.39, 0.29) is 11.4 Å². The maximum Gasteiger partial charge on any atom is 0.293 e. The first-order valence-electron chi connectivity index (χ1n) is 7.45. The van der Waals surface area contributed by atoms with Crippen LogP contribution in [-0.4, -0.2) is 30.5 Å². The molecule has 0 aliphatic rings. The Hall–Kier alpha value is -3.48. The topological polar surface area (TPSA) is 85.6 Å². The number of carbonyl (C=O) groups is 1. The molecule has 1 heterocycles. The van der Waals surface area contributed by atoms with E-state index in [1.165, 1.54) is 18.0 Å². The normalized spacial score (nSPS) is 10.5. The summed E-state index contributed by atoms with van der Waals surface area (Å²) in [6.45, 7) is 0. The maximum absolute atomic E-state index is 11.3. The van der Waals surface area contributed by atoms with Crippen LogP contribution in [0.4, 0.5) is 11.4 Å². The zero-order valence-electron chi connectivity index (χ0n) is 13.7. The van der Waals surface area contributed by atoms with Crippen LogP contribution in [0.2, 0.25) is 0 Å². The summed E-state index contributed by atoms with van der Waals surface area (Å²) < 4.78 is 5.19. The number of ether oxygens (including phenoxy) is 1. The summed E-state index contributed by atoms with van der Waals surface area (Å²) >= 11 is 0. The van der Waals surface area contributed by atoms with E-state index in [0.717, 1.165) is 16.7 Å². The monoisotopic (exact) mass is 337 g/mol. The first kappa shape index (κ1) is 16.4. The van der Waals surface area contributed by atoms with Crippen molar-refractivity contribution in [2.45, 2.75) is 0 Å². The Bertz CT molecular complexity index is 972. The van der Waals surface area contributed by atoms with Crippen LogP contribution in [-0.2, 0) is 4.79 Å². The zero-order valence-corrected chi connectivity index (χ0v) is 13.7. The summed E-state index contributed by atoms with van der Waals surface area (Å²) in [5, 5.41) is 12.2. The summed E-state index contributed by atoms with van der Waals surface area (Å²) in [4.78, 5) is 27.5. The van der Waals surface area contributed by atoms with Crippen molar-refractivity contribution in [2.75, 3.05) is 19.1 Å². The van der Waals surface area contributed by atoms with Crippen LogP contribution < -0.4 is 9.64 Å². The molecule has 0 atom stereocenters. The van der Waals surface area contributed by atoms with Crippen LogP contribution in [0.3, 0.4) is 0 Å². The van der Waals surface area contributed by atoms with Crippen LogP contribution in [0.25, 0.3) is 22.2 Å². The van der Waals surface area contributed by atoms with Crippen molar-refractivity contribution >= 4 is 28.7 Å². The fourth-order valence-corrected chi connectivity index (χ4v) is 2.58. The highest BCUT2D eigenvalue weighted by molar-refractivity contribution is 5.85. The largest absolute Gasteiger partial charge is 0.497 e. The van der Waals surface area contributed by atoms with E-state index in [1.54, 1.807) is 25.3 Å². The lowest BCUT2D eigenvalue weighted by molar-refractivity contribution is -0.384. The van der Waals surface area contributed by atoms with Crippen molar-refractivity contribution < 1.29 is 14.5 Å². The predicted molar refractivity (Wildman–Crippen MR) is 94.9 cm³/mol. The van der Waals surface area contributed by atoms with Crippen molar-refractivity contribution in [2.24, 2.45) is 0 Å². The molecule has 3 aromatic rings. The van der Waals surface area contributed by atoms with Gasteiger partial charge in [0.15, 0.2) is 0 Å². The minimum Gasteiger partial charge on any atom is -0.497 e. The maximum atomic E-state index is 11.3. The second kappa shape index (κ2) is 6.56. The molecule has 7 heteroatoms. The third-order valence-corrected chi connectivity index (χ3v) is 3.90. The van der Waals surface area contributed by atoms with Gasteiger partial charge < -0.3 is 9.64 Å². The molecule has 25 heavy (non-hydrogen) atoms. The number of nitrogens with zero attached hydrogens (tertiary/aromatic N) is 3. The van der Waals surface area contributed by atoms with E-state index >= 15 is 0 Å². The Labute approximate surface area is 143 Å². The molecule has 0 fully saturated rings. The van der Waals surface area contributed by atoms with Crippen LogP contribution in [0.5, 0.6) is 5.75 Å². The molecule has 0 saturated heterocycles. The lowest BCUT2D eigenvalue weighted by Gasteiger charge is -2.12. The zero-order chi connectivity index (χ0) is 18.0. The highest BCUT2D eigenvalue weighted by atomic mass is 16.6. The first-order chi connectivity index (χ1) is 12.0. The van der Waals surface area contributed by atoms with Crippen molar-refractivity contribution in [3.8, 4) is 17.0 Å². The molecular weight excluding hydrogens is 322 g/mol. The Morgan fingerprint density at radius 3 is 2.64 bits per heavy atom. The van der Waals surface area contributed by atoms with Gasteiger partial charge in [-0.25, -0.2) is 4.98 Å². The van der Waals surface area contributed by atoms with E-state index in [4.69, 9.17) is 4.74 Å². The standard InChI is InChI=1S/C18H15N3O4/c1-20(11-22)17-8-4-13(10-18(17)21(23)24)15-6-3-12-9-14(25-2)5-7-16(12)19-15/h3-11H,1-2H3. The smallest absolute Gasteiger partial charge is 0.293 e. The number of nitro benzene ring substituents is 1. The molecule has 0 bridgehead atoms. The van der Waals surface area contributed by atoms with Crippen LogP contribution in [0.15, 0.2) is 48.5 Å². The van der Waals surface area contributed by atoms with Gasteiger partial charge in [-0.1, -0.05) is 12.1 Å². The number of rotatable bonds is 5. The molecule has 0 aliphatic carbocycles. The number of aromatic nitrogens is 1. The predicted octanol–water partition coefficient (Wildman–Crippen LogP) is 3.41. The number of carbonyl (C=O) groups excluding carboxylic acids is 1. The van der Waals surface area contributed by atoms with E-state index in [2.05, 4.69) is 4.98 Å². The number of hydrogen-bond acceptors (Lipinski definition) is 5. The van der Waals surface area contributed by atoms with Crippen LogP contribution in [0, 0.1) is 10.1 Å². The van der Waals surface area contributed by atoms with Crippen molar-refractivity contribution in [3.05, 3.63) is 58.6 Å². The van der Waals surface area contributed by atoms with Crippen LogP contribution in [0.1, 0.15) is 0 Å². The van der Waals surface area contributed by atoms with E-state index in [1.807, 2.05) is 24.3 Å². The minimum absolute atomic E-state index is 0.149. The van der Waals surface area contributed by atoms with Crippen molar-refractivity contribution in [3.63, 3.8) is 0 Å². The van der Waals surface area contributed by atoms with Gasteiger partial charge in [-0.2, -0.15) is 0 Å². The Kier molecular flexibility index (Phi) is 4.30. The van der Waals surface area contributed by atoms with E-state index in [0.29, 0.717) is 17.7 Å². The number of amides is 1. The number of hydrogen-bond donors (Lipinski definition) is 0. The molecule has 0 N–H and O–H groups in total. The third-order valence-electron chi connectivity index (χ3n) is 3.90. The van der Waals surface area contributed by atoms with Crippen molar-refractivity contribution in [1.29, 1.82) is 0 Å². The van der Waals surface area contributed by atoms with Gasteiger partial charge in [0.05, 0.1) is 23.2 Å². The number of nitro groups is 1. The third kappa shape index (κ3) is 3.12. The van der Waals surface area contributed by atoms with Crippen LogP contribution >= 0.6 is 0 Å². The molecule has 0 saturated carbocycles. The summed E-state index contributed by atoms with van der Waals surface area (Å²) in [5.41, 5.74) is 2.06. The quantitative estimate of drug-likeness (QED) is 0.404. The number of anilines is 1. The lowest BCUT2D eigenvalue weighted by Crippen LogP contribution is -2.15. The summed E-state index contributed by atoms with van der Waals surface area (Å²) in [6.07, 6.45) is 0.531. The Morgan fingerprint density at radius 2 is 1.96 bits per heavy atom. The van der Waals surface area contributed by atoms with E-state index < -0.39 is 4.92 Å². The number of benzene rings is 2. The molecule has 1 aromatic heterocycles. The Morgan fingerprint density at radius 1 is 1.16 bits per heavy atom. The van der Waals surface area contributed by atoms with Gasteiger partial charge in [0, 0.05) is 24.1 Å². The lowest BCUT2D eigenvalue weighted by atomic mass is 10.1. The van der Waals surface area contributed by atoms with Gasteiger partial charge in [0.25, 0.3) is 5.69 Å². The van der Waals surface area contributed by atoms with Gasteiger partial charge in [0.2, 0.25) is 6.41 Å². The van der Waals surface area contributed by atoms with Gasteiger partial charge >= 0.3 is 0 Å². The molecule has 126 valence electrons. The highest BCUT2D eigenvalue weighted by Gasteiger charge is 2.18. The average molecular weight is 337 g/mol. The Balaban J connectivity index is 2.09. The van der Waals surface area contributed by atoms with Gasteiger partial charge in [-0.3, -0.25) is 14.9 Å². The van der Waals surface area contributed by atoms with E-state index in [9.17, 15) is 14.9 Å². The summed E-state index contributed by atoms with van der Waals surface area (Å²) in [6, 6.07) is 13.9. The fraction of sp³-hybridized carbons (Fsp3) is 0.111. The molecule has 1 amide bonds. The number of methoxy groups -OCH3 is 1. The number of pyridine rings is 1. The summed E-state index contributed by atoms with van der Waals surface area (Å²) in [5.74, 6) is 0.735. The molecular formula is C18H15N3O4. The summed E-state index contributed by atoms with van der Waals surface area (Å²) in [7, 11) is 3.07. The highest BCUT2D eigenvalue weighted by Crippen LogP contribution is 2.32. The molecule has 0 unspecified atom stereocenters. The van der Waals surface area contributed by atoms with Gasteiger partial charge in [0.1, 0.15) is 11.4 Å². The molecule has 0 spiro atoms. The minimum atomic E-state index is -0.509. The van der Waals surface area contributed by atoms with Crippen molar-refractivity contribution in [1.82, 2.24) is 4.98 Å². The fourth-order valence-electron chi connectivity index (χ4n) is 2.58. The van der Waals surface area contributed by atoms with Gasteiger partial charge in [-0.05, 0) is 30.3 Å². The van der Waals surface area contributed by atoms with Gasteiger partial charge in [-0.15, -0.1) is 0 Å². The molecule has 7 nitrogen and oxygen atoms in total. The number of fused-ring (bicyclic) bond motifs is 1. The second-order valence-electron chi connectivity index (χ2n) is 5.43. The second-order valence-corrected chi connectivity index (χ2v) is 5.43. The molecule has 0 aliphatic heterocycles. The average Bonchev–Trinajstić information content (AvgIpc) is 2.65. The first-order valence-corrected chi connectivity index (χ1v) is 7.45. The molecule has 0 radical (unpaired) electrons. The molecule has 2 aromatic carbocycles.